The molecule has 0 aliphatic rings. The van der Waals surface area contributed by atoms with Gasteiger partial charge in [-0.25, -0.2) is 4.79 Å². The number of carbonyl (C=O) groups is 1. The second kappa shape index (κ2) is 6.97. The van der Waals surface area contributed by atoms with Crippen molar-refractivity contribution in [3.63, 3.8) is 0 Å². The molecule has 0 bridgehead atoms. The molecule has 0 unspecified atom stereocenters. The van der Waals surface area contributed by atoms with Crippen molar-refractivity contribution in [2.75, 3.05) is 6.61 Å². The SMILES string of the molecule is CC(C)(C)c1ccc(OCC(=O)Oc2ccc(Br)cc2)cc1. The minimum absolute atomic E-state index is 0.0963. The zero-order valence-electron chi connectivity index (χ0n) is 12.9. The summed E-state index contributed by atoms with van der Waals surface area (Å²) in [4.78, 5) is 11.7. The van der Waals surface area contributed by atoms with E-state index in [0.29, 0.717) is 11.5 Å². The summed E-state index contributed by atoms with van der Waals surface area (Å²) in [6.07, 6.45) is 0. The van der Waals surface area contributed by atoms with Gasteiger partial charge in [0, 0.05) is 4.47 Å². The molecule has 0 aliphatic carbocycles. The summed E-state index contributed by atoms with van der Waals surface area (Å²) >= 11 is 3.33. The molecule has 2 rings (SSSR count). The minimum Gasteiger partial charge on any atom is -0.482 e. The smallest absolute Gasteiger partial charge is 0.349 e. The molecule has 22 heavy (non-hydrogen) atoms. The Bertz CT molecular complexity index is 625. The van der Waals surface area contributed by atoms with Gasteiger partial charge in [0.15, 0.2) is 6.61 Å². The first-order valence-corrected chi connectivity index (χ1v) is 7.83. The van der Waals surface area contributed by atoms with E-state index in [1.807, 2.05) is 36.4 Å². The van der Waals surface area contributed by atoms with Crippen LogP contribution in [0.1, 0.15) is 26.3 Å². The third-order valence-electron chi connectivity index (χ3n) is 3.12. The molecule has 0 radical (unpaired) electrons. The Hall–Kier alpha value is -1.81. The molecule has 2 aromatic carbocycles. The molecular formula is C18H19BrO3. The highest BCUT2D eigenvalue weighted by Gasteiger charge is 2.13. The molecule has 0 amide bonds. The van der Waals surface area contributed by atoms with Gasteiger partial charge < -0.3 is 9.47 Å². The summed E-state index contributed by atoms with van der Waals surface area (Å²) in [5.41, 5.74) is 1.32. The quantitative estimate of drug-likeness (QED) is 0.582. The molecule has 0 aliphatic heterocycles. The fourth-order valence-electron chi connectivity index (χ4n) is 1.86. The fraction of sp³-hybridized carbons (Fsp3) is 0.278. The monoisotopic (exact) mass is 362 g/mol. The average molecular weight is 363 g/mol. The largest absolute Gasteiger partial charge is 0.482 e. The molecular weight excluding hydrogens is 344 g/mol. The van der Waals surface area contributed by atoms with E-state index in [-0.39, 0.29) is 12.0 Å². The van der Waals surface area contributed by atoms with Crippen LogP contribution in [0.25, 0.3) is 0 Å². The molecule has 0 aromatic heterocycles. The van der Waals surface area contributed by atoms with Crippen LogP contribution in [0.4, 0.5) is 0 Å². The van der Waals surface area contributed by atoms with Crippen LogP contribution in [0.2, 0.25) is 0 Å². The molecule has 0 heterocycles. The minimum atomic E-state index is -0.428. The van der Waals surface area contributed by atoms with E-state index < -0.39 is 5.97 Å². The maximum atomic E-state index is 11.7. The van der Waals surface area contributed by atoms with Crippen LogP contribution in [-0.2, 0) is 10.2 Å². The molecule has 0 fully saturated rings. The van der Waals surface area contributed by atoms with Gasteiger partial charge in [-0.15, -0.1) is 0 Å². The van der Waals surface area contributed by atoms with Crippen molar-refractivity contribution in [3.8, 4) is 11.5 Å². The standard InChI is InChI=1S/C18H19BrO3/c1-18(2,3)13-4-8-15(9-5-13)21-12-17(20)22-16-10-6-14(19)7-11-16/h4-11H,12H2,1-3H3. The van der Waals surface area contributed by atoms with Crippen molar-refractivity contribution in [1.29, 1.82) is 0 Å². The molecule has 4 heteroatoms. The van der Waals surface area contributed by atoms with Gasteiger partial charge in [-0.1, -0.05) is 48.8 Å². The summed E-state index contributed by atoms with van der Waals surface area (Å²) in [5, 5.41) is 0. The van der Waals surface area contributed by atoms with Crippen molar-refractivity contribution in [3.05, 3.63) is 58.6 Å². The van der Waals surface area contributed by atoms with Gasteiger partial charge in [0.05, 0.1) is 0 Å². The van der Waals surface area contributed by atoms with Gasteiger partial charge in [0.1, 0.15) is 11.5 Å². The van der Waals surface area contributed by atoms with Gasteiger partial charge in [0.25, 0.3) is 0 Å². The molecule has 0 saturated carbocycles. The third kappa shape index (κ3) is 4.88. The van der Waals surface area contributed by atoms with Gasteiger partial charge in [-0.3, -0.25) is 0 Å². The summed E-state index contributed by atoms with van der Waals surface area (Å²) in [7, 11) is 0. The predicted octanol–water partition coefficient (Wildman–Crippen LogP) is 4.73. The second-order valence-electron chi connectivity index (χ2n) is 5.99. The summed E-state index contributed by atoms with van der Waals surface area (Å²) < 4.78 is 11.6. The summed E-state index contributed by atoms with van der Waals surface area (Å²) in [5.74, 6) is 0.725. The van der Waals surface area contributed by atoms with Crippen LogP contribution >= 0.6 is 15.9 Å². The van der Waals surface area contributed by atoms with Gasteiger partial charge >= 0.3 is 5.97 Å². The number of ether oxygens (including phenoxy) is 2. The molecule has 0 spiro atoms. The van der Waals surface area contributed by atoms with E-state index >= 15 is 0 Å². The first-order chi connectivity index (χ1) is 10.3. The van der Waals surface area contributed by atoms with E-state index in [4.69, 9.17) is 9.47 Å². The normalized spacial score (nSPS) is 11.1. The first-order valence-electron chi connectivity index (χ1n) is 7.04. The van der Waals surface area contributed by atoms with Crippen molar-refractivity contribution >= 4 is 21.9 Å². The highest BCUT2D eigenvalue weighted by molar-refractivity contribution is 9.10. The maximum absolute atomic E-state index is 11.7. The Labute approximate surface area is 139 Å². The number of hydrogen-bond acceptors (Lipinski definition) is 3. The average Bonchev–Trinajstić information content (AvgIpc) is 2.47. The van der Waals surface area contributed by atoms with Crippen molar-refractivity contribution < 1.29 is 14.3 Å². The lowest BCUT2D eigenvalue weighted by Crippen LogP contribution is -2.17. The Morgan fingerprint density at radius 3 is 2.05 bits per heavy atom. The van der Waals surface area contributed by atoms with E-state index in [9.17, 15) is 4.79 Å². The number of benzene rings is 2. The molecule has 0 atom stereocenters. The number of halogens is 1. The number of esters is 1. The zero-order valence-corrected chi connectivity index (χ0v) is 14.5. The van der Waals surface area contributed by atoms with Crippen molar-refractivity contribution in [2.24, 2.45) is 0 Å². The third-order valence-corrected chi connectivity index (χ3v) is 3.65. The van der Waals surface area contributed by atoms with Gasteiger partial charge in [-0.2, -0.15) is 0 Å². The van der Waals surface area contributed by atoms with Crippen LogP contribution < -0.4 is 9.47 Å². The second-order valence-corrected chi connectivity index (χ2v) is 6.91. The van der Waals surface area contributed by atoms with Crippen LogP contribution in [0, 0.1) is 0 Å². The van der Waals surface area contributed by atoms with E-state index in [1.165, 1.54) is 5.56 Å². The Morgan fingerprint density at radius 2 is 1.50 bits per heavy atom. The number of hydrogen-bond donors (Lipinski definition) is 0. The van der Waals surface area contributed by atoms with E-state index in [2.05, 4.69) is 36.7 Å². The van der Waals surface area contributed by atoms with Crippen LogP contribution in [0.5, 0.6) is 11.5 Å². The fourth-order valence-corrected chi connectivity index (χ4v) is 2.12. The Kier molecular flexibility index (Phi) is 5.24. The molecule has 3 nitrogen and oxygen atoms in total. The topological polar surface area (TPSA) is 35.5 Å². The van der Waals surface area contributed by atoms with Crippen LogP contribution in [-0.4, -0.2) is 12.6 Å². The van der Waals surface area contributed by atoms with Crippen molar-refractivity contribution in [2.45, 2.75) is 26.2 Å². The van der Waals surface area contributed by atoms with E-state index in [1.54, 1.807) is 12.1 Å². The highest BCUT2D eigenvalue weighted by Crippen LogP contribution is 2.24. The van der Waals surface area contributed by atoms with Gasteiger partial charge in [-0.05, 0) is 47.4 Å². The zero-order chi connectivity index (χ0) is 16.2. The number of rotatable bonds is 4. The van der Waals surface area contributed by atoms with Gasteiger partial charge in [0.2, 0.25) is 0 Å². The molecule has 2 aromatic rings. The summed E-state index contributed by atoms with van der Waals surface area (Å²) in [6, 6.07) is 14.8. The van der Waals surface area contributed by atoms with E-state index in [0.717, 1.165) is 4.47 Å². The predicted molar refractivity (Wildman–Crippen MR) is 90.4 cm³/mol. The lowest BCUT2D eigenvalue weighted by atomic mass is 9.87. The number of carbonyl (C=O) groups excluding carboxylic acids is 1. The molecule has 0 saturated heterocycles. The highest BCUT2D eigenvalue weighted by atomic mass is 79.9. The van der Waals surface area contributed by atoms with Crippen LogP contribution in [0.15, 0.2) is 53.0 Å². The molecule has 116 valence electrons. The Balaban J connectivity index is 1.87. The van der Waals surface area contributed by atoms with Crippen molar-refractivity contribution in [1.82, 2.24) is 0 Å². The lowest BCUT2D eigenvalue weighted by Gasteiger charge is -2.19. The van der Waals surface area contributed by atoms with Crippen LogP contribution in [0.3, 0.4) is 0 Å². The lowest BCUT2D eigenvalue weighted by molar-refractivity contribution is -0.136. The first kappa shape index (κ1) is 16.6. The maximum Gasteiger partial charge on any atom is 0.349 e. The Morgan fingerprint density at radius 1 is 0.955 bits per heavy atom. The molecule has 0 N–H and O–H groups in total. The summed E-state index contributed by atoms with van der Waals surface area (Å²) in [6.45, 7) is 6.33.